The lowest BCUT2D eigenvalue weighted by molar-refractivity contribution is 0.316. The molecule has 1 rings (SSSR count). The van der Waals surface area contributed by atoms with Gasteiger partial charge in [0.15, 0.2) is 9.84 Å². The molecule has 0 saturated carbocycles. The second-order valence-corrected chi connectivity index (χ2v) is 7.13. The Labute approximate surface area is 120 Å². The molecule has 1 aromatic carbocycles. The molecule has 6 heteroatoms. The van der Waals surface area contributed by atoms with Crippen molar-refractivity contribution in [3.8, 4) is 5.75 Å². The fourth-order valence-corrected chi connectivity index (χ4v) is 3.43. The maximum Gasteiger partial charge on any atom is 0.178 e. The van der Waals surface area contributed by atoms with Crippen LogP contribution in [0.15, 0.2) is 23.1 Å². The first-order chi connectivity index (χ1) is 9.27. The molecule has 0 aliphatic rings. The van der Waals surface area contributed by atoms with Crippen LogP contribution in [0, 0.1) is 11.3 Å². The fourth-order valence-electron chi connectivity index (χ4n) is 1.79. The molecular weight excluding hydrogens is 276 g/mol. The largest absolute Gasteiger partial charge is 0.493 e. The van der Waals surface area contributed by atoms with Gasteiger partial charge in [0.05, 0.1) is 22.8 Å². The van der Waals surface area contributed by atoms with E-state index in [-0.39, 0.29) is 22.4 Å². The van der Waals surface area contributed by atoms with Gasteiger partial charge in [0.1, 0.15) is 11.6 Å². The van der Waals surface area contributed by atoms with Crippen LogP contribution in [0.3, 0.4) is 0 Å². The van der Waals surface area contributed by atoms with Crippen LogP contribution in [0.1, 0.15) is 32.8 Å². The highest BCUT2D eigenvalue weighted by atomic mass is 32.2. The number of hydrogen-bond acceptors (Lipinski definition) is 4. The van der Waals surface area contributed by atoms with E-state index in [1.807, 2.05) is 20.8 Å². The van der Waals surface area contributed by atoms with E-state index < -0.39 is 9.84 Å². The highest BCUT2D eigenvalue weighted by Gasteiger charge is 2.19. The van der Waals surface area contributed by atoms with Crippen LogP contribution in [0.25, 0.3) is 0 Å². The van der Waals surface area contributed by atoms with Crippen molar-refractivity contribution in [3.63, 3.8) is 0 Å². The molecule has 0 atom stereocenters. The molecule has 0 aliphatic heterocycles. The zero-order valence-corrected chi connectivity index (χ0v) is 13.0. The third kappa shape index (κ3) is 4.23. The summed E-state index contributed by atoms with van der Waals surface area (Å²) in [6, 6.07) is 4.50. The van der Waals surface area contributed by atoms with Crippen LogP contribution in [0.2, 0.25) is 0 Å². The van der Waals surface area contributed by atoms with Gasteiger partial charge in [-0.25, -0.2) is 8.42 Å². The van der Waals surface area contributed by atoms with Gasteiger partial charge in [-0.05, 0) is 30.5 Å². The lowest BCUT2D eigenvalue weighted by Crippen LogP contribution is -2.16. The molecule has 0 aliphatic carbocycles. The molecule has 0 fully saturated rings. The zero-order valence-electron chi connectivity index (χ0n) is 12.1. The van der Waals surface area contributed by atoms with Gasteiger partial charge in [0, 0.05) is 0 Å². The van der Waals surface area contributed by atoms with E-state index in [4.69, 9.17) is 15.9 Å². The molecule has 0 amide bonds. The molecule has 0 heterocycles. The Bertz CT molecular complexity index is 580. The number of nitrogens with one attached hydrogen (secondary N) is 1. The number of amidine groups is 1. The Morgan fingerprint density at radius 3 is 2.55 bits per heavy atom. The molecule has 0 aromatic heterocycles. The Morgan fingerprint density at radius 1 is 1.40 bits per heavy atom. The summed E-state index contributed by atoms with van der Waals surface area (Å²) < 4.78 is 29.9. The van der Waals surface area contributed by atoms with Crippen LogP contribution >= 0.6 is 0 Å². The molecule has 112 valence electrons. The predicted octanol–water partition coefficient (Wildman–Crippen LogP) is 2.19. The molecule has 0 unspecified atom stereocenters. The number of sulfone groups is 1. The lowest BCUT2D eigenvalue weighted by Gasteiger charge is -2.13. The molecular formula is C14H22N2O3S. The summed E-state index contributed by atoms with van der Waals surface area (Å²) in [5.41, 5.74) is 5.83. The summed E-state index contributed by atoms with van der Waals surface area (Å²) in [5, 5.41) is 7.56. The Morgan fingerprint density at radius 2 is 2.05 bits per heavy atom. The third-order valence-corrected chi connectivity index (χ3v) is 4.69. The van der Waals surface area contributed by atoms with Gasteiger partial charge in [-0.2, -0.15) is 0 Å². The molecule has 0 bridgehead atoms. The normalized spacial score (nSPS) is 11.6. The van der Waals surface area contributed by atoms with E-state index in [1.165, 1.54) is 12.1 Å². The van der Waals surface area contributed by atoms with E-state index in [0.29, 0.717) is 17.9 Å². The minimum atomic E-state index is -3.36. The highest BCUT2D eigenvalue weighted by molar-refractivity contribution is 7.91. The number of hydrogen-bond donors (Lipinski definition) is 2. The first-order valence-electron chi connectivity index (χ1n) is 6.62. The SMILES string of the molecule is CCCOc1ccc(S(=O)(=O)CC(C)C)cc1C(=N)N. The van der Waals surface area contributed by atoms with Gasteiger partial charge in [0.2, 0.25) is 0 Å². The van der Waals surface area contributed by atoms with Gasteiger partial charge < -0.3 is 10.5 Å². The van der Waals surface area contributed by atoms with Crippen LogP contribution in [-0.2, 0) is 9.84 Å². The summed E-state index contributed by atoms with van der Waals surface area (Å²) in [6.07, 6.45) is 0.824. The van der Waals surface area contributed by atoms with Crippen molar-refractivity contribution in [2.75, 3.05) is 12.4 Å². The van der Waals surface area contributed by atoms with Crippen molar-refractivity contribution in [3.05, 3.63) is 23.8 Å². The summed E-state index contributed by atoms with van der Waals surface area (Å²) in [4.78, 5) is 0.181. The maximum absolute atomic E-state index is 12.2. The van der Waals surface area contributed by atoms with Gasteiger partial charge >= 0.3 is 0 Å². The van der Waals surface area contributed by atoms with Gasteiger partial charge in [-0.15, -0.1) is 0 Å². The lowest BCUT2D eigenvalue weighted by atomic mass is 10.2. The molecule has 3 N–H and O–H groups in total. The number of nitrogen functional groups attached to an aromatic ring is 1. The predicted molar refractivity (Wildman–Crippen MR) is 80.1 cm³/mol. The van der Waals surface area contributed by atoms with Gasteiger partial charge in [0.25, 0.3) is 0 Å². The summed E-state index contributed by atoms with van der Waals surface area (Å²) in [6.45, 7) is 6.16. The number of benzene rings is 1. The summed E-state index contributed by atoms with van der Waals surface area (Å²) >= 11 is 0. The fraction of sp³-hybridized carbons (Fsp3) is 0.500. The van der Waals surface area contributed by atoms with Crippen LogP contribution in [0.5, 0.6) is 5.75 Å². The van der Waals surface area contributed by atoms with Crippen molar-refractivity contribution < 1.29 is 13.2 Å². The number of nitrogens with two attached hydrogens (primary N) is 1. The average Bonchev–Trinajstić information content (AvgIpc) is 2.34. The van der Waals surface area contributed by atoms with Crippen LogP contribution in [-0.4, -0.2) is 26.6 Å². The van der Waals surface area contributed by atoms with Crippen molar-refractivity contribution in [2.24, 2.45) is 11.7 Å². The van der Waals surface area contributed by atoms with E-state index >= 15 is 0 Å². The minimum absolute atomic E-state index is 0.0387. The minimum Gasteiger partial charge on any atom is -0.493 e. The van der Waals surface area contributed by atoms with Crippen molar-refractivity contribution in [2.45, 2.75) is 32.1 Å². The molecule has 0 radical (unpaired) electrons. The number of ether oxygens (including phenoxy) is 1. The number of rotatable bonds is 7. The first-order valence-corrected chi connectivity index (χ1v) is 8.27. The van der Waals surface area contributed by atoms with Gasteiger partial charge in [-0.3, -0.25) is 5.41 Å². The van der Waals surface area contributed by atoms with E-state index in [1.54, 1.807) is 6.07 Å². The Hall–Kier alpha value is -1.56. The third-order valence-electron chi connectivity index (χ3n) is 2.61. The Kier molecular flexibility index (Phi) is 5.56. The second-order valence-electron chi connectivity index (χ2n) is 5.10. The smallest absolute Gasteiger partial charge is 0.178 e. The topological polar surface area (TPSA) is 93.2 Å². The van der Waals surface area contributed by atoms with E-state index in [9.17, 15) is 8.42 Å². The quantitative estimate of drug-likeness (QED) is 0.596. The highest BCUT2D eigenvalue weighted by Crippen LogP contribution is 2.24. The Balaban J connectivity index is 3.19. The standard InChI is InChI=1S/C14H22N2O3S/c1-4-7-19-13-6-5-11(8-12(13)14(15)16)20(17,18)9-10(2)3/h5-6,8,10H,4,7,9H2,1-3H3,(H3,15,16). The molecule has 0 spiro atoms. The molecule has 1 aromatic rings. The summed E-state index contributed by atoms with van der Waals surface area (Å²) in [7, 11) is -3.36. The zero-order chi connectivity index (χ0) is 15.3. The second kappa shape index (κ2) is 6.74. The van der Waals surface area contributed by atoms with Crippen molar-refractivity contribution in [1.29, 1.82) is 5.41 Å². The molecule has 20 heavy (non-hydrogen) atoms. The van der Waals surface area contributed by atoms with E-state index in [2.05, 4.69) is 0 Å². The average molecular weight is 298 g/mol. The molecule has 0 saturated heterocycles. The monoisotopic (exact) mass is 298 g/mol. The summed E-state index contributed by atoms with van der Waals surface area (Å²) in [5.74, 6) is 0.358. The van der Waals surface area contributed by atoms with Crippen molar-refractivity contribution >= 4 is 15.7 Å². The van der Waals surface area contributed by atoms with Gasteiger partial charge in [-0.1, -0.05) is 20.8 Å². The maximum atomic E-state index is 12.2. The van der Waals surface area contributed by atoms with Crippen molar-refractivity contribution in [1.82, 2.24) is 0 Å². The van der Waals surface area contributed by atoms with Crippen LogP contribution in [0.4, 0.5) is 0 Å². The van der Waals surface area contributed by atoms with E-state index in [0.717, 1.165) is 6.42 Å². The van der Waals surface area contributed by atoms with Crippen LogP contribution < -0.4 is 10.5 Å². The molecule has 5 nitrogen and oxygen atoms in total. The first kappa shape index (κ1) is 16.5.